The minimum Gasteiger partial charge on any atom is -0.0845 e. The molecule has 0 aliphatic rings. The minimum absolute atomic E-state index is 0.846. The molecule has 0 aromatic carbocycles. The first kappa shape index (κ1) is 8.22. The van der Waals surface area contributed by atoms with Crippen LogP contribution in [-0.2, 0) is 0 Å². The van der Waals surface area contributed by atoms with Gasteiger partial charge in [-0.1, -0.05) is 36.5 Å². The summed E-state index contributed by atoms with van der Waals surface area (Å²) in [4.78, 5) is 0. The van der Waals surface area contributed by atoms with Crippen molar-refractivity contribution in [3.05, 3.63) is 50.3 Å². The van der Waals surface area contributed by atoms with Gasteiger partial charge in [0.1, 0.15) is 0 Å². The molecule has 0 bridgehead atoms. The highest BCUT2D eigenvalue weighted by Crippen LogP contribution is 1.81. The lowest BCUT2D eigenvalue weighted by molar-refractivity contribution is 1.40. The highest BCUT2D eigenvalue weighted by molar-refractivity contribution is 5.11. The fourth-order valence-corrected chi connectivity index (χ4v) is 0.382. The van der Waals surface area contributed by atoms with Crippen LogP contribution in [0.3, 0.4) is 0 Å². The van der Waals surface area contributed by atoms with Crippen molar-refractivity contribution in [3.8, 4) is 0 Å². The molecule has 0 atom stereocenters. The molecule has 0 rings (SSSR count). The van der Waals surface area contributed by atoms with Crippen LogP contribution in [-0.4, -0.2) is 0 Å². The molecule has 0 N–H and O–H groups in total. The van der Waals surface area contributed by atoms with E-state index in [1.807, 2.05) is 30.4 Å². The van der Waals surface area contributed by atoms with Gasteiger partial charge in [0.05, 0.1) is 0 Å². The molecule has 0 spiro atoms. The van der Waals surface area contributed by atoms with E-state index in [4.69, 9.17) is 0 Å². The van der Waals surface area contributed by atoms with E-state index in [0.717, 1.165) is 6.42 Å². The molecule has 0 fully saturated rings. The second-order valence-corrected chi connectivity index (χ2v) is 1.53. The molecule has 9 heavy (non-hydrogen) atoms. The Morgan fingerprint density at radius 3 is 2.22 bits per heavy atom. The van der Waals surface area contributed by atoms with Crippen molar-refractivity contribution in [1.29, 1.82) is 0 Å². The molecule has 0 heteroatoms. The van der Waals surface area contributed by atoms with Crippen LogP contribution in [0.15, 0.2) is 36.5 Å². The van der Waals surface area contributed by atoms with Gasteiger partial charge in [0.2, 0.25) is 0 Å². The normalized spacial score (nSPS) is 12.7. The van der Waals surface area contributed by atoms with Crippen molar-refractivity contribution < 1.29 is 0 Å². The Bertz CT molecular complexity index is 116. The average molecular weight is 120 g/mol. The van der Waals surface area contributed by atoms with E-state index in [2.05, 4.69) is 13.8 Å². The first-order chi connectivity index (χ1) is 4.41. The van der Waals surface area contributed by atoms with Gasteiger partial charge in [0, 0.05) is 0 Å². The molecule has 2 radical (unpaired) electrons. The van der Waals surface area contributed by atoms with Crippen molar-refractivity contribution in [2.75, 3.05) is 0 Å². The smallest absolute Gasteiger partial charge is 0.0313 e. The second-order valence-electron chi connectivity index (χ2n) is 1.53. The zero-order valence-electron chi connectivity index (χ0n) is 5.59. The molecule has 0 heterocycles. The molecule has 0 saturated heterocycles. The standard InChI is InChI=1S/C9H12/c1-3-5-7-9-8-6-4-2/h3,5-9H,1-2,4H2/b5-3+,8-6+,9-7+. The van der Waals surface area contributed by atoms with Gasteiger partial charge in [-0.05, 0) is 20.3 Å². The predicted molar refractivity (Wildman–Crippen MR) is 42.8 cm³/mol. The monoisotopic (exact) mass is 120 g/mol. The fraction of sp³-hybridized carbons (Fsp3) is 0.111. The zero-order valence-corrected chi connectivity index (χ0v) is 5.59. The molecule has 0 aromatic heterocycles. The maximum absolute atomic E-state index is 3.65. The molecule has 0 nitrogen and oxygen atoms in total. The summed E-state index contributed by atoms with van der Waals surface area (Å²) in [6.07, 6.45) is 12.3. The molecule has 0 amide bonds. The molecular formula is C9H12. The molecular weight excluding hydrogens is 108 g/mol. The lowest BCUT2D eigenvalue weighted by Gasteiger charge is -1.72. The molecule has 0 aliphatic carbocycles. The molecule has 0 unspecified atom stereocenters. The maximum atomic E-state index is 3.65. The Morgan fingerprint density at radius 1 is 1.00 bits per heavy atom. The van der Waals surface area contributed by atoms with Gasteiger partial charge in [0.15, 0.2) is 0 Å². The van der Waals surface area contributed by atoms with E-state index < -0.39 is 0 Å². The van der Waals surface area contributed by atoms with E-state index in [1.165, 1.54) is 0 Å². The van der Waals surface area contributed by atoms with E-state index >= 15 is 0 Å². The van der Waals surface area contributed by atoms with E-state index in [-0.39, 0.29) is 0 Å². The Hall–Kier alpha value is -0.780. The quantitative estimate of drug-likeness (QED) is 0.502. The average Bonchev–Trinajstić information content (AvgIpc) is 1.89. The Labute approximate surface area is 57.6 Å². The first-order valence-corrected chi connectivity index (χ1v) is 2.98. The van der Waals surface area contributed by atoms with Crippen molar-refractivity contribution in [2.45, 2.75) is 6.42 Å². The number of hydrogen-bond donors (Lipinski definition) is 0. The lowest BCUT2D eigenvalue weighted by atomic mass is 10.4. The fourth-order valence-electron chi connectivity index (χ4n) is 0.382. The van der Waals surface area contributed by atoms with Crippen LogP contribution < -0.4 is 0 Å². The van der Waals surface area contributed by atoms with Crippen molar-refractivity contribution in [1.82, 2.24) is 0 Å². The summed E-state index contributed by atoms with van der Waals surface area (Å²) in [7, 11) is 0. The third kappa shape index (κ3) is 7.22. The van der Waals surface area contributed by atoms with Gasteiger partial charge < -0.3 is 0 Å². The summed E-state index contributed by atoms with van der Waals surface area (Å²) in [6.45, 7) is 7.19. The van der Waals surface area contributed by atoms with Crippen molar-refractivity contribution in [2.24, 2.45) is 0 Å². The minimum atomic E-state index is 0.846. The molecule has 0 saturated carbocycles. The number of rotatable bonds is 3. The molecule has 48 valence electrons. The lowest BCUT2D eigenvalue weighted by Crippen LogP contribution is -1.51. The molecule has 0 aromatic rings. The summed E-state index contributed by atoms with van der Waals surface area (Å²) >= 11 is 0. The van der Waals surface area contributed by atoms with Gasteiger partial charge in [-0.25, -0.2) is 0 Å². The van der Waals surface area contributed by atoms with E-state index in [9.17, 15) is 0 Å². The van der Waals surface area contributed by atoms with Crippen LogP contribution in [0.4, 0.5) is 0 Å². The largest absolute Gasteiger partial charge is 0.0845 e. The van der Waals surface area contributed by atoms with Crippen LogP contribution in [0.2, 0.25) is 0 Å². The van der Waals surface area contributed by atoms with Gasteiger partial charge in [-0.2, -0.15) is 0 Å². The first-order valence-electron chi connectivity index (χ1n) is 2.98. The van der Waals surface area contributed by atoms with Gasteiger partial charge in [0.25, 0.3) is 0 Å². The Kier molecular flexibility index (Phi) is 6.59. The highest BCUT2D eigenvalue weighted by Gasteiger charge is 1.60. The predicted octanol–water partition coefficient (Wildman–Crippen LogP) is 2.71. The summed E-state index contributed by atoms with van der Waals surface area (Å²) < 4.78 is 0. The van der Waals surface area contributed by atoms with Crippen molar-refractivity contribution in [3.63, 3.8) is 0 Å². The van der Waals surface area contributed by atoms with Crippen LogP contribution in [0.25, 0.3) is 0 Å². The zero-order chi connectivity index (χ0) is 6.95. The van der Waals surface area contributed by atoms with Crippen LogP contribution in [0.5, 0.6) is 0 Å². The third-order valence-corrected chi connectivity index (χ3v) is 0.772. The van der Waals surface area contributed by atoms with Crippen LogP contribution in [0, 0.1) is 13.8 Å². The number of allylic oxidation sites excluding steroid dienone is 6. The summed E-state index contributed by atoms with van der Waals surface area (Å²) in [5, 5.41) is 0. The van der Waals surface area contributed by atoms with Gasteiger partial charge in [-0.15, -0.1) is 0 Å². The molecule has 0 aliphatic heterocycles. The van der Waals surface area contributed by atoms with E-state index in [0.29, 0.717) is 0 Å². The highest BCUT2D eigenvalue weighted by atomic mass is 13.7. The summed E-state index contributed by atoms with van der Waals surface area (Å²) in [5.41, 5.74) is 0. The maximum Gasteiger partial charge on any atom is -0.0313 e. The van der Waals surface area contributed by atoms with Gasteiger partial charge >= 0.3 is 0 Å². The summed E-state index contributed by atoms with van der Waals surface area (Å²) in [6, 6.07) is 0. The van der Waals surface area contributed by atoms with E-state index in [1.54, 1.807) is 6.08 Å². The Balaban J connectivity index is 3.35. The van der Waals surface area contributed by atoms with Crippen molar-refractivity contribution >= 4 is 0 Å². The Morgan fingerprint density at radius 2 is 1.67 bits per heavy atom. The van der Waals surface area contributed by atoms with Gasteiger partial charge in [-0.3, -0.25) is 0 Å². The number of hydrogen-bond acceptors (Lipinski definition) is 0. The second kappa shape index (κ2) is 7.22. The third-order valence-electron chi connectivity index (χ3n) is 0.772. The van der Waals surface area contributed by atoms with Crippen LogP contribution in [0.1, 0.15) is 6.42 Å². The van der Waals surface area contributed by atoms with Crippen LogP contribution >= 0.6 is 0 Å². The summed E-state index contributed by atoms with van der Waals surface area (Å²) in [5.74, 6) is 0. The SMILES string of the molecule is [CH2]/C=C/C=C/C=C/C[CH2]. The topological polar surface area (TPSA) is 0 Å².